The summed E-state index contributed by atoms with van der Waals surface area (Å²) in [6, 6.07) is 8.45. The molecular formula is C15H23NO2. The standard InChI is InChI=1S/C15H23NO2/c1-3-15(2,11-16)18-10-14-13-7-5-4-6-12(13)8-9-17-14/h4-7,14H,3,8-11,16H2,1-2H3. The maximum atomic E-state index is 5.97. The highest BCUT2D eigenvalue weighted by molar-refractivity contribution is 5.30. The summed E-state index contributed by atoms with van der Waals surface area (Å²) in [4.78, 5) is 0. The van der Waals surface area contributed by atoms with Gasteiger partial charge in [0.2, 0.25) is 0 Å². The molecule has 0 saturated carbocycles. The van der Waals surface area contributed by atoms with Crippen molar-refractivity contribution in [3.8, 4) is 0 Å². The van der Waals surface area contributed by atoms with E-state index in [9.17, 15) is 0 Å². The lowest BCUT2D eigenvalue weighted by atomic mass is 9.97. The zero-order chi connectivity index (χ0) is 13.0. The highest BCUT2D eigenvalue weighted by atomic mass is 16.5. The first-order valence-corrected chi connectivity index (χ1v) is 6.72. The van der Waals surface area contributed by atoms with Crippen LogP contribution in [0.15, 0.2) is 24.3 Å². The Labute approximate surface area is 109 Å². The third kappa shape index (κ3) is 2.91. The van der Waals surface area contributed by atoms with Crippen molar-refractivity contribution in [2.24, 2.45) is 5.73 Å². The molecule has 3 nitrogen and oxygen atoms in total. The van der Waals surface area contributed by atoms with E-state index in [0.29, 0.717) is 13.2 Å². The lowest BCUT2D eigenvalue weighted by Gasteiger charge is -2.32. The number of nitrogens with two attached hydrogens (primary N) is 1. The zero-order valence-corrected chi connectivity index (χ0v) is 11.3. The number of hydrogen-bond acceptors (Lipinski definition) is 3. The highest BCUT2D eigenvalue weighted by Crippen LogP contribution is 2.28. The molecule has 1 aromatic carbocycles. The maximum Gasteiger partial charge on any atom is 0.106 e. The lowest BCUT2D eigenvalue weighted by molar-refractivity contribution is -0.0907. The largest absolute Gasteiger partial charge is 0.371 e. The Kier molecular flexibility index (Phi) is 4.38. The summed E-state index contributed by atoms with van der Waals surface area (Å²) in [5.74, 6) is 0. The van der Waals surface area contributed by atoms with Gasteiger partial charge >= 0.3 is 0 Å². The van der Waals surface area contributed by atoms with Gasteiger partial charge in [-0.2, -0.15) is 0 Å². The first-order chi connectivity index (χ1) is 8.68. The van der Waals surface area contributed by atoms with Crippen LogP contribution in [0.25, 0.3) is 0 Å². The molecule has 3 heteroatoms. The molecule has 0 bridgehead atoms. The summed E-state index contributed by atoms with van der Waals surface area (Å²) in [6.45, 7) is 6.05. The molecular weight excluding hydrogens is 226 g/mol. The van der Waals surface area contributed by atoms with Crippen LogP contribution in [0.2, 0.25) is 0 Å². The van der Waals surface area contributed by atoms with E-state index in [1.54, 1.807) is 0 Å². The Bertz CT molecular complexity index is 388. The number of fused-ring (bicyclic) bond motifs is 1. The van der Waals surface area contributed by atoms with Crippen molar-refractivity contribution in [2.75, 3.05) is 19.8 Å². The lowest BCUT2D eigenvalue weighted by Crippen LogP contribution is -2.38. The molecule has 2 rings (SSSR count). The first-order valence-electron chi connectivity index (χ1n) is 6.72. The number of ether oxygens (including phenoxy) is 2. The van der Waals surface area contributed by atoms with Gasteiger partial charge in [-0.1, -0.05) is 31.2 Å². The summed E-state index contributed by atoms with van der Waals surface area (Å²) in [5.41, 5.74) is 8.16. The number of benzene rings is 1. The average molecular weight is 249 g/mol. The highest BCUT2D eigenvalue weighted by Gasteiger charge is 2.26. The molecule has 100 valence electrons. The molecule has 2 unspecified atom stereocenters. The van der Waals surface area contributed by atoms with E-state index in [-0.39, 0.29) is 11.7 Å². The third-order valence-corrected chi connectivity index (χ3v) is 3.86. The van der Waals surface area contributed by atoms with Crippen molar-refractivity contribution >= 4 is 0 Å². The van der Waals surface area contributed by atoms with Crippen LogP contribution in [0.3, 0.4) is 0 Å². The Morgan fingerprint density at radius 1 is 1.44 bits per heavy atom. The van der Waals surface area contributed by atoms with E-state index in [1.165, 1.54) is 11.1 Å². The summed E-state index contributed by atoms with van der Waals surface area (Å²) in [6.07, 6.45) is 1.96. The second kappa shape index (κ2) is 5.83. The van der Waals surface area contributed by atoms with Gasteiger partial charge in [-0.3, -0.25) is 0 Å². The molecule has 1 aliphatic rings. The second-order valence-corrected chi connectivity index (χ2v) is 5.13. The monoisotopic (exact) mass is 249 g/mol. The van der Waals surface area contributed by atoms with E-state index in [1.807, 2.05) is 0 Å². The summed E-state index contributed by atoms with van der Waals surface area (Å²) in [5, 5.41) is 0. The zero-order valence-electron chi connectivity index (χ0n) is 11.3. The summed E-state index contributed by atoms with van der Waals surface area (Å²) in [7, 11) is 0. The van der Waals surface area contributed by atoms with Crippen LogP contribution in [0.1, 0.15) is 37.5 Å². The summed E-state index contributed by atoms with van der Waals surface area (Å²) < 4.78 is 11.8. The van der Waals surface area contributed by atoms with Crippen LogP contribution < -0.4 is 5.73 Å². The maximum absolute atomic E-state index is 5.97. The van der Waals surface area contributed by atoms with E-state index in [2.05, 4.69) is 38.1 Å². The van der Waals surface area contributed by atoms with Gasteiger partial charge in [0.15, 0.2) is 0 Å². The molecule has 2 N–H and O–H groups in total. The van der Waals surface area contributed by atoms with Gasteiger partial charge in [0.1, 0.15) is 6.10 Å². The van der Waals surface area contributed by atoms with Crippen LogP contribution >= 0.6 is 0 Å². The smallest absolute Gasteiger partial charge is 0.106 e. The minimum atomic E-state index is -0.240. The number of rotatable bonds is 5. The van der Waals surface area contributed by atoms with Crippen LogP contribution in [0.5, 0.6) is 0 Å². The first kappa shape index (κ1) is 13.5. The molecule has 0 radical (unpaired) electrons. The van der Waals surface area contributed by atoms with Crippen LogP contribution in [0, 0.1) is 0 Å². The molecule has 1 aromatic rings. The molecule has 2 atom stereocenters. The van der Waals surface area contributed by atoms with E-state index in [0.717, 1.165) is 19.4 Å². The van der Waals surface area contributed by atoms with Gasteiger partial charge in [-0.25, -0.2) is 0 Å². The van der Waals surface area contributed by atoms with Crippen molar-refractivity contribution in [2.45, 2.75) is 38.4 Å². The topological polar surface area (TPSA) is 44.5 Å². The van der Waals surface area contributed by atoms with Crippen molar-refractivity contribution in [3.05, 3.63) is 35.4 Å². The van der Waals surface area contributed by atoms with Gasteiger partial charge in [0, 0.05) is 6.54 Å². The number of hydrogen-bond donors (Lipinski definition) is 1. The van der Waals surface area contributed by atoms with Gasteiger partial charge in [-0.05, 0) is 30.9 Å². The molecule has 0 spiro atoms. The molecule has 18 heavy (non-hydrogen) atoms. The van der Waals surface area contributed by atoms with Crippen molar-refractivity contribution in [3.63, 3.8) is 0 Å². The average Bonchev–Trinajstić information content (AvgIpc) is 2.44. The van der Waals surface area contributed by atoms with Crippen LogP contribution in [-0.2, 0) is 15.9 Å². The van der Waals surface area contributed by atoms with Crippen LogP contribution in [0.4, 0.5) is 0 Å². The fourth-order valence-corrected chi connectivity index (χ4v) is 2.20. The Morgan fingerprint density at radius 3 is 2.94 bits per heavy atom. The fraction of sp³-hybridized carbons (Fsp3) is 0.600. The van der Waals surface area contributed by atoms with Crippen molar-refractivity contribution in [1.29, 1.82) is 0 Å². The molecule has 0 aromatic heterocycles. The third-order valence-electron chi connectivity index (χ3n) is 3.86. The van der Waals surface area contributed by atoms with Gasteiger partial charge in [-0.15, -0.1) is 0 Å². The quantitative estimate of drug-likeness (QED) is 0.871. The van der Waals surface area contributed by atoms with Crippen molar-refractivity contribution < 1.29 is 9.47 Å². The van der Waals surface area contributed by atoms with E-state index >= 15 is 0 Å². The molecule has 1 heterocycles. The second-order valence-electron chi connectivity index (χ2n) is 5.13. The molecule has 1 aliphatic heterocycles. The molecule has 0 amide bonds. The van der Waals surface area contributed by atoms with E-state index < -0.39 is 0 Å². The molecule has 0 fully saturated rings. The predicted molar refractivity (Wildman–Crippen MR) is 72.5 cm³/mol. The predicted octanol–water partition coefficient (Wildman–Crippen LogP) is 2.44. The minimum absolute atomic E-state index is 0.0485. The van der Waals surface area contributed by atoms with Crippen molar-refractivity contribution in [1.82, 2.24) is 0 Å². The minimum Gasteiger partial charge on any atom is -0.371 e. The molecule has 0 aliphatic carbocycles. The Hall–Kier alpha value is -0.900. The Morgan fingerprint density at radius 2 is 2.22 bits per heavy atom. The Balaban J connectivity index is 2.03. The van der Waals surface area contributed by atoms with Gasteiger partial charge in [0.05, 0.1) is 18.8 Å². The van der Waals surface area contributed by atoms with E-state index in [4.69, 9.17) is 15.2 Å². The van der Waals surface area contributed by atoms with Crippen LogP contribution in [-0.4, -0.2) is 25.4 Å². The molecule has 0 saturated heterocycles. The normalized spacial score (nSPS) is 22.3. The van der Waals surface area contributed by atoms with Gasteiger partial charge < -0.3 is 15.2 Å². The van der Waals surface area contributed by atoms with Gasteiger partial charge in [0.25, 0.3) is 0 Å². The fourth-order valence-electron chi connectivity index (χ4n) is 2.20. The SMILES string of the molecule is CCC(C)(CN)OCC1OCCc2ccccc21. The summed E-state index contributed by atoms with van der Waals surface area (Å²) >= 11 is 0.